The molecule has 1 atom stereocenters. The molecule has 0 aromatic heterocycles. The number of halogens is 2. The third kappa shape index (κ3) is 4.73. The molecular formula is C15H23F2N. The van der Waals surface area contributed by atoms with Crippen molar-refractivity contribution in [2.45, 2.75) is 58.5 Å². The molecule has 102 valence electrons. The van der Waals surface area contributed by atoms with Crippen LogP contribution in [0.2, 0.25) is 0 Å². The van der Waals surface area contributed by atoms with Crippen LogP contribution in [-0.4, -0.2) is 6.04 Å². The van der Waals surface area contributed by atoms with Crippen LogP contribution < -0.4 is 5.32 Å². The van der Waals surface area contributed by atoms with E-state index in [4.69, 9.17) is 0 Å². The molecule has 1 aromatic rings. The van der Waals surface area contributed by atoms with Crippen molar-refractivity contribution >= 4 is 0 Å². The fourth-order valence-electron chi connectivity index (χ4n) is 2.09. The van der Waals surface area contributed by atoms with E-state index >= 15 is 0 Å². The maximum atomic E-state index is 13.5. The molecule has 1 unspecified atom stereocenters. The molecule has 3 heteroatoms. The number of hydrogen-bond donors (Lipinski definition) is 1. The average Bonchev–Trinajstić information content (AvgIpc) is 2.37. The van der Waals surface area contributed by atoms with Gasteiger partial charge in [0.2, 0.25) is 0 Å². The molecule has 0 heterocycles. The van der Waals surface area contributed by atoms with Crippen molar-refractivity contribution in [3.05, 3.63) is 35.4 Å². The van der Waals surface area contributed by atoms with Gasteiger partial charge in [-0.05, 0) is 18.9 Å². The Kier molecular flexibility index (Phi) is 6.88. The lowest BCUT2D eigenvalue weighted by molar-refractivity contribution is 0.424. The van der Waals surface area contributed by atoms with Crippen molar-refractivity contribution in [1.82, 2.24) is 5.32 Å². The summed E-state index contributed by atoms with van der Waals surface area (Å²) in [6.07, 6.45) is 5.62. The summed E-state index contributed by atoms with van der Waals surface area (Å²) in [6, 6.07) is 4.74. The molecule has 0 bridgehead atoms. The second kappa shape index (κ2) is 8.20. The number of unbranched alkanes of at least 4 members (excludes halogenated alkanes) is 1. The first-order chi connectivity index (χ1) is 8.69. The van der Waals surface area contributed by atoms with Crippen LogP contribution >= 0.6 is 0 Å². The van der Waals surface area contributed by atoms with Gasteiger partial charge in [-0.15, -0.1) is 0 Å². The molecule has 0 aliphatic carbocycles. The van der Waals surface area contributed by atoms with Crippen molar-refractivity contribution in [3.63, 3.8) is 0 Å². The first-order valence-electron chi connectivity index (χ1n) is 6.85. The van der Waals surface area contributed by atoms with Crippen LogP contribution in [-0.2, 0) is 6.54 Å². The van der Waals surface area contributed by atoms with Gasteiger partial charge >= 0.3 is 0 Å². The smallest absolute Gasteiger partial charge is 0.163 e. The van der Waals surface area contributed by atoms with Crippen molar-refractivity contribution in [2.24, 2.45) is 0 Å². The summed E-state index contributed by atoms with van der Waals surface area (Å²) in [5.74, 6) is -1.49. The third-order valence-corrected chi connectivity index (χ3v) is 3.16. The van der Waals surface area contributed by atoms with E-state index in [0.717, 1.165) is 31.7 Å². The molecule has 0 fully saturated rings. The first-order valence-corrected chi connectivity index (χ1v) is 6.85. The molecule has 0 aliphatic rings. The summed E-state index contributed by atoms with van der Waals surface area (Å²) in [5, 5.41) is 3.33. The Balaban J connectivity index is 2.52. The highest BCUT2D eigenvalue weighted by atomic mass is 19.2. The Morgan fingerprint density at radius 3 is 2.56 bits per heavy atom. The van der Waals surface area contributed by atoms with Crippen LogP contribution in [0.5, 0.6) is 0 Å². The minimum atomic E-state index is -0.769. The lowest BCUT2D eigenvalue weighted by Crippen LogP contribution is -2.28. The van der Waals surface area contributed by atoms with Gasteiger partial charge in [0.25, 0.3) is 0 Å². The van der Waals surface area contributed by atoms with E-state index in [0.29, 0.717) is 18.2 Å². The van der Waals surface area contributed by atoms with E-state index < -0.39 is 11.6 Å². The fraction of sp³-hybridized carbons (Fsp3) is 0.600. The highest BCUT2D eigenvalue weighted by molar-refractivity contribution is 5.18. The van der Waals surface area contributed by atoms with E-state index in [2.05, 4.69) is 19.2 Å². The molecule has 1 rings (SSSR count). The minimum absolute atomic E-state index is 0.401. The standard InChI is InChI=1S/C15H23F2N/c1-3-5-9-13(7-4-2)18-11-12-8-6-10-14(16)15(12)17/h6,8,10,13,18H,3-5,7,9,11H2,1-2H3. The van der Waals surface area contributed by atoms with Gasteiger partial charge in [-0.1, -0.05) is 45.2 Å². The fourth-order valence-corrected chi connectivity index (χ4v) is 2.09. The number of benzene rings is 1. The van der Waals surface area contributed by atoms with Crippen LogP contribution in [0.3, 0.4) is 0 Å². The van der Waals surface area contributed by atoms with E-state index in [1.54, 1.807) is 12.1 Å². The molecule has 0 aliphatic heterocycles. The van der Waals surface area contributed by atoms with Gasteiger partial charge in [-0.25, -0.2) is 8.78 Å². The molecule has 0 saturated carbocycles. The zero-order valence-electron chi connectivity index (χ0n) is 11.3. The topological polar surface area (TPSA) is 12.0 Å². The van der Waals surface area contributed by atoms with Crippen LogP contribution in [0.4, 0.5) is 8.78 Å². The van der Waals surface area contributed by atoms with Crippen LogP contribution in [0.1, 0.15) is 51.5 Å². The Morgan fingerprint density at radius 2 is 1.89 bits per heavy atom. The second-order valence-corrected chi connectivity index (χ2v) is 4.72. The Hall–Kier alpha value is -0.960. The number of nitrogens with one attached hydrogen (secondary N) is 1. The molecule has 0 amide bonds. The summed E-state index contributed by atoms with van der Waals surface area (Å²) in [7, 11) is 0. The van der Waals surface area contributed by atoms with Gasteiger partial charge in [0.05, 0.1) is 0 Å². The predicted octanol–water partition coefficient (Wildman–Crippen LogP) is 4.41. The van der Waals surface area contributed by atoms with Gasteiger partial charge < -0.3 is 5.32 Å². The summed E-state index contributed by atoms with van der Waals surface area (Å²) in [4.78, 5) is 0. The zero-order valence-corrected chi connectivity index (χ0v) is 11.3. The highest BCUT2D eigenvalue weighted by Crippen LogP contribution is 2.13. The maximum absolute atomic E-state index is 13.5. The molecule has 1 aromatic carbocycles. The van der Waals surface area contributed by atoms with E-state index in [1.807, 2.05) is 0 Å². The molecular weight excluding hydrogens is 232 g/mol. The SMILES string of the molecule is CCCCC(CCC)NCc1cccc(F)c1F. The zero-order chi connectivity index (χ0) is 13.4. The van der Waals surface area contributed by atoms with Crippen LogP contribution in [0.15, 0.2) is 18.2 Å². The lowest BCUT2D eigenvalue weighted by atomic mass is 10.0. The molecule has 1 nitrogen and oxygen atoms in total. The van der Waals surface area contributed by atoms with Gasteiger partial charge in [0.15, 0.2) is 11.6 Å². The van der Waals surface area contributed by atoms with Gasteiger partial charge in [-0.2, -0.15) is 0 Å². The summed E-state index contributed by atoms with van der Waals surface area (Å²) in [6.45, 7) is 4.70. The first kappa shape index (κ1) is 15.1. The second-order valence-electron chi connectivity index (χ2n) is 4.72. The molecule has 1 N–H and O–H groups in total. The van der Waals surface area contributed by atoms with Crippen molar-refractivity contribution in [2.75, 3.05) is 0 Å². The Morgan fingerprint density at radius 1 is 1.11 bits per heavy atom. The molecule has 0 radical (unpaired) electrons. The van der Waals surface area contributed by atoms with E-state index in [-0.39, 0.29) is 0 Å². The molecule has 0 spiro atoms. The molecule has 0 saturated heterocycles. The van der Waals surface area contributed by atoms with Crippen LogP contribution in [0.25, 0.3) is 0 Å². The number of rotatable bonds is 8. The molecule has 18 heavy (non-hydrogen) atoms. The van der Waals surface area contributed by atoms with Crippen molar-refractivity contribution < 1.29 is 8.78 Å². The monoisotopic (exact) mass is 255 g/mol. The largest absolute Gasteiger partial charge is 0.310 e. The number of hydrogen-bond acceptors (Lipinski definition) is 1. The Labute approximate surface area is 109 Å². The summed E-state index contributed by atoms with van der Waals surface area (Å²) < 4.78 is 26.5. The van der Waals surface area contributed by atoms with E-state index in [1.165, 1.54) is 6.42 Å². The van der Waals surface area contributed by atoms with Gasteiger partial charge in [-0.3, -0.25) is 0 Å². The summed E-state index contributed by atoms with van der Waals surface area (Å²) >= 11 is 0. The van der Waals surface area contributed by atoms with Crippen LogP contribution in [0, 0.1) is 11.6 Å². The predicted molar refractivity (Wildman–Crippen MR) is 71.4 cm³/mol. The maximum Gasteiger partial charge on any atom is 0.163 e. The highest BCUT2D eigenvalue weighted by Gasteiger charge is 2.10. The third-order valence-electron chi connectivity index (χ3n) is 3.16. The Bertz CT molecular complexity index is 352. The normalized spacial score (nSPS) is 12.7. The van der Waals surface area contributed by atoms with Gasteiger partial charge in [0.1, 0.15) is 0 Å². The van der Waals surface area contributed by atoms with E-state index in [9.17, 15) is 8.78 Å². The quantitative estimate of drug-likeness (QED) is 0.725. The van der Waals surface area contributed by atoms with Crippen molar-refractivity contribution in [1.29, 1.82) is 0 Å². The minimum Gasteiger partial charge on any atom is -0.310 e. The van der Waals surface area contributed by atoms with Crippen molar-refractivity contribution in [3.8, 4) is 0 Å². The lowest BCUT2D eigenvalue weighted by Gasteiger charge is -2.18. The average molecular weight is 255 g/mol. The van der Waals surface area contributed by atoms with Gasteiger partial charge in [0, 0.05) is 18.2 Å². The summed E-state index contributed by atoms with van der Waals surface area (Å²) in [5.41, 5.74) is 0.410.